The first-order valence-corrected chi connectivity index (χ1v) is 7.80. The zero-order chi connectivity index (χ0) is 17.3. The van der Waals surface area contributed by atoms with E-state index in [-0.39, 0.29) is 0 Å². The van der Waals surface area contributed by atoms with Crippen molar-refractivity contribution in [1.29, 1.82) is 0 Å². The molecule has 0 radical (unpaired) electrons. The molecule has 0 saturated carbocycles. The molecule has 0 heterocycles. The van der Waals surface area contributed by atoms with E-state index in [0.717, 1.165) is 22.8 Å². The highest BCUT2D eigenvalue weighted by atomic mass is 16.5. The smallest absolute Gasteiger partial charge is 0.127 e. The SMILES string of the molecule is ONC=Nc1ccc(OCc2cccc(Oc3ccccc3)c2)cc1. The monoisotopic (exact) mass is 334 g/mol. The maximum absolute atomic E-state index is 8.47. The van der Waals surface area contributed by atoms with Crippen LogP contribution in [0.1, 0.15) is 5.56 Å². The fraction of sp³-hybridized carbons (Fsp3) is 0.0500. The maximum Gasteiger partial charge on any atom is 0.127 e. The topological polar surface area (TPSA) is 63.1 Å². The van der Waals surface area contributed by atoms with E-state index in [2.05, 4.69) is 4.99 Å². The van der Waals surface area contributed by atoms with Gasteiger partial charge in [-0.1, -0.05) is 30.3 Å². The first-order chi connectivity index (χ1) is 12.3. The highest BCUT2D eigenvalue weighted by Gasteiger charge is 2.01. The second-order valence-corrected chi connectivity index (χ2v) is 5.23. The van der Waals surface area contributed by atoms with Crippen molar-refractivity contribution in [2.24, 2.45) is 4.99 Å². The van der Waals surface area contributed by atoms with E-state index in [1.165, 1.54) is 6.34 Å². The normalized spacial score (nSPS) is 10.6. The Morgan fingerprint density at radius 2 is 1.60 bits per heavy atom. The van der Waals surface area contributed by atoms with Gasteiger partial charge in [0.15, 0.2) is 0 Å². The molecule has 0 saturated heterocycles. The minimum absolute atomic E-state index is 0.437. The van der Waals surface area contributed by atoms with Gasteiger partial charge >= 0.3 is 0 Å². The Labute approximate surface area is 146 Å². The average molecular weight is 334 g/mol. The number of nitrogens with zero attached hydrogens (tertiary/aromatic N) is 1. The van der Waals surface area contributed by atoms with Crippen molar-refractivity contribution in [3.8, 4) is 17.2 Å². The Hall–Kier alpha value is -3.31. The van der Waals surface area contributed by atoms with Crippen molar-refractivity contribution in [3.63, 3.8) is 0 Å². The summed E-state index contributed by atoms with van der Waals surface area (Å²) in [5.41, 5.74) is 3.59. The van der Waals surface area contributed by atoms with Crippen LogP contribution in [0.4, 0.5) is 5.69 Å². The summed E-state index contributed by atoms with van der Waals surface area (Å²) in [6, 6.07) is 24.7. The number of rotatable bonds is 7. The summed E-state index contributed by atoms with van der Waals surface area (Å²) in [7, 11) is 0. The van der Waals surface area contributed by atoms with Crippen LogP contribution in [-0.2, 0) is 6.61 Å². The number of ether oxygens (including phenoxy) is 2. The van der Waals surface area contributed by atoms with Gasteiger partial charge in [0.1, 0.15) is 30.2 Å². The number of hydrogen-bond acceptors (Lipinski definition) is 4. The van der Waals surface area contributed by atoms with Gasteiger partial charge in [-0.2, -0.15) is 0 Å². The summed E-state index contributed by atoms with van der Waals surface area (Å²) in [4.78, 5) is 3.98. The molecular formula is C20H18N2O3. The molecule has 5 nitrogen and oxygen atoms in total. The van der Waals surface area contributed by atoms with Gasteiger partial charge in [0.2, 0.25) is 0 Å². The zero-order valence-electron chi connectivity index (χ0n) is 13.5. The van der Waals surface area contributed by atoms with Crippen LogP contribution in [0.25, 0.3) is 0 Å². The van der Waals surface area contributed by atoms with E-state index in [4.69, 9.17) is 14.7 Å². The fourth-order valence-corrected chi connectivity index (χ4v) is 2.22. The van der Waals surface area contributed by atoms with E-state index >= 15 is 0 Å². The average Bonchev–Trinajstić information content (AvgIpc) is 2.67. The van der Waals surface area contributed by atoms with Crippen LogP contribution in [-0.4, -0.2) is 11.5 Å². The number of benzene rings is 3. The summed E-state index contributed by atoms with van der Waals surface area (Å²) in [6.07, 6.45) is 1.20. The predicted octanol–water partition coefficient (Wildman–Crippen LogP) is 4.70. The lowest BCUT2D eigenvalue weighted by atomic mass is 10.2. The van der Waals surface area contributed by atoms with Gasteiger partial charge in [-0.15, -0.1) is 0 Å². The maximum atomic E-state index is 8.47. The molecule has 0 aliphatic rings. The molecule has 0 bridgehead atoms. The van der Waals surface area contributed by atoms with Gasteiger partial charge in [-0.25, -0.2) is 4.99 Å². The van der Waals surface area contributed by atoms with Gasteiger partial charge in [-0.3, -0.25) is 10.7 Å². The van der Waals surface area contributed by atoms with Crippen molar-refractivity contribution >= 4 is 12.0 Å². The Morgan fingerprint density at radius 1 is 0.840 bits per heavy atom. The first-order valence-electron chi connectivity index (χ1n) is 7.80. The molecule has 0 unspecified atom stereocenters. The lowest BCUT2D eigenvalue weighted by Crippen LogP contribution is -2.00. The molecule has 0 amide bonds. The van der Waals surface area contributed by atoms with Gasteiger partial charge < -0.3 is 9.47 Å². The van der Waals surface area contributed by atoms with Crippen molar-refractivity contribution < 1.29 is 14.7 Å². The van der Waals surface area contributed by atoms with Crippen molar-refractivity contribution in [1.82, 2.24) is 5.48 Å². The molecule has 2 N–H and O–H groups in total. The Balaban J connectivity index is 1.59. The molecule has 126 valence electrons. The molecular weight excluding hydrogens is 316 g/mol. The quantitative estimate of drug-likeness (QED) is 0.373. The van der Waals surface area contributed by atoms with Gasteiger partial charge in [0, 0.05) is 0 Å². The summed E-state index contributed by atoms with van der Waals surface area (Å²) in [5, 5.41) is 8.47. The molecule has 3 aromatic carbocycles. The number of aliphatic imine (C=N–C) groups is 1. The Kier molecular flexibility index (Phi) is 5.64. The summed E-state index contributed by atoms with van der Waals surface area (Å²) >= 11 is 0. The number of para-hydroxylation sites is 1. The molecule has 25 heavy (non-hydrogen) atoms. The largest absolute Gasteiger partial charge is 0.489 e. The third-order valence-corrected chi connectivity index (χ3v) is 3.39. The van der Waals surface area contributed by atoms with Crippen LogP contribution >= 0.6 is 0 Å². The summed E-state index contributed by atoms with van der Waals surface area (Å²) < 4.78 is 11.6. The van der Waals surface area contributed by atoms with Crippen LogP contribution in [0.2, 0.25) is 0 Å². The molecule has 3 rings (SSSR count). The Bertz CT molecular complexity index is 818. The van der Waals surface area contributed by atoms with Crippen LogP contribution in [0, 0.1) is 0 Å². The second-order valence-electron chi connectivity index (χ2n) is 5.23. The van der Waals surface area contributed by atoms with E-state index in [1.807, 2.05) is 72.2 Å². The van der Waals surface area contributed by atoms with Crippen molar-refractivity contribution in [3.05, 3.63) is 84.4 Å². The van der Waals surface area contributed by atoms with Crippen molar-refractivity contribution in [2.45, 2.75) is 6.61 Å². The van der Waals surface area contributed by atoms with Crippen LogP contribution in [0.5, 0.6) is 17.2 Å². The minimum Gasteiger partial charge on any atom is -0.489 e. The summed E-state index contributed by atoms with van der Waals surface area (Å²) in [5.74, 6) is 2.31. The van der Waals surface area contributed by atoms with Crippen molar-refractivity contribution in [2.75, 3.05) is 0 Å². The highest BCUT2D eigenvalue weighted by Crippen LogP contribution is 2.23. The van der Waals surface area contributed by atoms with E-state index < -0.39 is 0 Å². The van der Waals surface area contributed by atoms with Gasteiger partial charge in [0.05, 0.1) is 5.69 Å². The highest BCUT2D eigenvalue weighted by molar-refractivity contribution is 5.59. The van der Waals surface area contributed by atoms with Crippen LogP contribution < -0.4 is 15.0 Å². The molecule has 0 spiro atoms. The molecule has 0 fully saturated rings. The number of hydrogen-bond donors (Lipinski definition) is 2. The van der Waals surface area contributed by atoms with E-state index in [0.29, 0.717) is 12.3 Å². The number of nitrogens with one attached hydrogen (secondary N) is 1. The van der Waals surface area contributed by atoms with Gasteiger partial charge in [-0.05, 0) is 54.1 Å². The third kappa shape index (κ3) is 5.09. The van der Waals surface area contributed by atoms with Crippen LogP contribution in [0.3, 0.4) is 0 Å². The minimum atomic E-state index is 0.437. The van der Waals surface area contributed by atoms with E-state index in [9.17, 15) is 0 Å². The molecule has 0 aliphatic carbocycles. The lowest BCUT2D eigenvalue weighted by Gasteiger charge is -2.09. The zero-order valence-corrected chi connectivity index (χ0v) is 13.5. The van der Waals surface area contributed by atoms with Crippen LogP contribution in [0.15, 0.2) is 83.9 Å². The molecule has 0 aromatic heterocycles. The number of hydroxylamine groups is 1. The molecule has 0 atom stereocenters. The lowest BCUT2D eigenvalue weighted by molar-refractivity contribution is 0.240. The molecule has 0 aliphatic heterocycles. The predicted molar refractivity (Wildman–Crippen MR) is 96.8 cm³/mol. The fourth-order valence-electron chi connectivity index (χ4n) is 2.22. The second kappa shape index (κ2) is 8.52. The summed E-state index contributed by atoms with van der Waals surface area (Å²) in [6.45, 7) is 0.437. The van der Waals surface area contributed by atoms with Gasteiger partial charge in [0.25, 0.3) is 0 Å². The Morgan fingerprint density at radius 3 is 2.36 bits per heavy atom. The third-order valence-electron chi connectivity index (χ3n) is 3.39. The standard InChI is InChI=1S/C20H18N2O3/c23-22-15-21-17-9-11-18(12-10-17)24-14-16-5-4-8-20(13-16)25-19-6-2-1-3-7-19/h1-13,15,23H,14H2,(H,21,22). The first kappa shape index (κ1) is 16.5. The molecule has 5 heteroatoms. The molecule has 3 aromatic rings. The van der Waals surface area contributed by atoms with E-state index in [1.54, 1.807) is 12.1 Å².